The highest BCUT2D eigenvalue weighted by molar-refractivity contribution is 7.09. The highest BCUT2D eigenvalue weighted by Crippen LogP contribution is 2.24. The molecule has 0 aliphatic carbocycles. The van der Waals surface area contributed by atoms with Gasteiger partial charge in [-0.15, -0.1) is 11.3 Å². The molecule has 0 atom stereocenters. The van der Waals surface area contributed by atoms with E-state index >= 15 is 0 Å². The average Bonchev–Trinajstić information content (AvgIpc) is 3.08. The van der Waals surface area contributed by atoms with Gasteiger partial charge in [0.15, 0.2) is 0 Å². The zero-order valence-electron chi connectivity index (χ0n) is 10.7. The van der Waals surface area contributed by atoms with Crippen molar-refractivity contribution in [3.8, 4) is 5.69 Å². The summed E-state index contributed by atoms with van der Waals surface area (Å²) in [5, 5.41) is 11.2. The first-order valence-electron chi connectivity index (χ1n) is 6.02. The van der Waals surface area contributed by atoms with Crippen molar-refractivity contribution in [1.82, 2.24) is 19.7 Å². The first-order valence-corrected chi connectivity index (χ1v) is 7.27. The molecule has 2 aromatic heterocycles. The van der Waals surface area contributed by atoms with E-state index in [0.717, 1.165) is 22.1 Å². The van der Waals surface area contributed by atoms with Gasteiger partial charge < -0.3 is 5.32 Å². The molecule has 1 aromatic carbocycles. The Bertz CT molecular complexity index is 707. The van der Waals surface area contributed by atoms with Crippen LogP contribution in [0.5, 0.6) is 0 Å². The molecule has 0 unspecified atom stereocenters. The van der Waals surface area contributed by atoms with Crippen LogP contribution in [-0.2, 0) is 6.54 Å². The van der Waals surface area contributed by atoms with Crippen LogP contribution in [0.15, 0.2) is 36.2 Å². The third-order valence-electron chi connectivity index (χ3n) is 2.72. The second-order valence-electron chi connectivity index (χ2n) is 4.24. The van der Waals surface area contributed by atoms with Crippen LogP contribution in [0.2, 0.25) is 5.02 Å². The fourth-order valence-electron chi connectivity index (χ4n) is 1.84. The maximum Gasteiger partial charge on any atom is 0.138 e. The van der Waals surface area contributed by atoms with Crippen molar-refractivity contribution in [2.45, 2.75) is 13.5 Å². The quantitative estimate of drug-likeness (QED) is 0.803. The Kier molecular flexibility index (Phi) is 3.66. The Hall–Kier alpha value is -1.92. The van der Waals surface area contributed by atoms with Crippen molar-refractivity contribution in [2.75, 3.05) is 5.32 Å². The zero-order valence-corrected chi connectivity index (χ0v) is 12.3. The van der Waals surface area contributed by atoms with Crippen molar-refractivity contribution in [2.24, 2.45) is 0 Å². The number of nitrogens with zero attached hydrogens (tertiary/aromatic N) is 4. The highest BCUT2D eigenvalue weighted by atomic mass is 35.5. The zero-order chi connectivity index (χ0) is 13.9. The molecule has 1 N–H and O–H groups in total. The highest BCUT2D eigenvalue weighted by Gasteiger charge is 2.07. The SMILES string of the molecule is Cc1csc(CNc2cc(Cl)ccc2-n2cncn2)n1. The lowest BCUT2D eigenvalue weighted by Gasteiger charge is -2.11. The number of rotatable bonds is 4. The van der Waals surface area contributed by atoms with Gasteiger partial charge in [-0.1, -0.05) is 11.6 Å². The summed E-state index contributed by atoms with van der Waals surface area (Å²) in [5.41, 5.74) is 2.84. The van der Waals surface area contributed by atoms with E-state index in [9.17, 15) is 0 Å². The third kappa shape index (κ3) is 2.81. The van der Waals surface area contributed by atoms with Crippen molar-refractivity contribution >= 4 is 28.6 Å². The van der Waals surface area contributed by atoms with Crippen molar-refractivity contribution in [1.29, 1.82) is 0 Å². The minimum absolute atomic E-state index is 0.653. The molecule has 0 bridgehead atoms. The summed E-state index contributed by atoms with van der Waals surface area (Å²) in [4.78, 5) is 8.39. The van der Waals surface area contributed by atoms with Gasteiger partial charge >= 0.3 is 0 Å². The number of nitrogens with one attached hydrogen (secondary N) is 1. The summed E-state index contributed by atoms with van der Waals surface area (Å²) in [7, 11) is 0. The molecule has 2 heterocycles. The Morgan fingerprint density at radius 2 is 2.30 bits per heavy atom. The molecule has 7 heteroatoms. The molecule has 0 aliphatic rings. The maximum atomic E-state index is 6.07. The lowest BCUT2D eigenvalue weighted by molar-refractivity contribution is 0.877. The van der Waals surface area contributed by atoms with E-state index in [1.54, 1.807) is 22.3 Å². The molecule has 0 amide bonds. The minimum atomic E-state index is 0.653. The van der Waals surface area contributed by atoms with Crippen LogP contribution in [-0.4, -0.2) is 19.7 Å². The van der Waals surface area contributed by atoms with E-state index < -0.39 is 0 Å². The summed E-state index contributed by atoms with van der Waals surface area (Å²) in [6.45, 7) is 2.64. The molecule has 3 aromatic rings. The van der Waals surface area contributed by atoms with Gasteiger partial charge in [0.2, 0.25) is 0 Å². The van der Waals surface area contributed by atoms with E-state index in [-0.39, 0.29) is 0 Å². The number of hydrogen-bond donors (Lipinski definition) is 1. The van der Waals surface area contributed by atoms with Crippen LogP contribution in [0.4, 0.5) is 5.69 Å². The van der Waals surface area contributed by atoms with E-state index in [2.05, 4.69) is 20.4 Å². The average molecular weight is 306 g/mol. The molecule has 0 saturated heterocycles. The molecule has 102 valence electrons. The minimum Gasteiger partial charge on any atom is -0.377 e. The Morgan fingerprint density at radius 1 is 1.40 bits per heavy atom. The number of aromatic nitrogens is 4. The molecule has 0 fully saturated rings. The summed E-state index contributed by atoms with van der Waals surface area (Å²) in [5.74, 6) is 0. The summed E-state index contributed by atoms with van der Waals surface area (Å²) in [6.07, 6.45) is 3.16. The summed E-state index contributed by atoms with van der Waals surface area (Å²) in [6, 6.07) is 5.61. The molecular weight excluding hydrogens is 294 g/mol. The topological polar surface area (TPSA) is 55.6 Å². The largest absolute Gasteiger partial charge is 0.377 e. The fourth-order valence-corrected chi connectivity index (χ4v) is 2.72. The van der Waals surface area contributed by atoms with Gasteiger partial charge in [0.1, 0.15) is 17.7 Å². The van der Waals surface area contributed by atoms with E-state index in [1.165, 1.54) is 6.33 Å². The summed E-state index contributed by atoms with van der Waals surface area (Å²) >= 11 is 7.70. The Morgan fingerprint density at radius 3 is 3.00 bits per heavy atom. The lowest BCUT2D eigenvalue weighted by Crippen LogP contribution is -2.05. The molecule has 0 radical (unpaired) electrons. The van der Waals surface area contributed by atoms with Gasteiger partial charge in [0, 0.05) is 16.1 Å². The second-order valence-corrected chi connectivity index (χ2v) is 5.62. The first-order chi connectivity index (χ1) is 9.72. The van der Waals surface area contributed by atoms with Crippen LogP contribution in [0.3, 0.4) is 0 Å². The van der Waals surface area contributed by atoms with Gasteiger partial charge in [0.25, 0.3) is 0 Å². The predicted molar refractivity (Wildman–Crippen MR) is 80.5 cm³/mol. The third-order valence-corrected chi connectivity index (χ3v) is 3.92. The van der Waals surface area contributed by atoms with E-state index in [1.807, 2.05) is 30.5 Å². The van der Waals surface area contributed by atoms with Crippen LogP contribution in [0, 0.1) is 6.92 Å². The first kappa shape index (κ1) is 13.1. The van der Waals surface area contributed by atoms with Crippen molar-refractivity contribution in [3.05, 3.63) is 52.0 Å². The van der Waals surface area contributed by atoms with Crippen LogP contribution in [0.1, 0.15) is 10.7 Å². The number of halogens is 1. The normalized spacial score (nSPS) is 10.7. The van der Waals surface area contributed by atoms with Crippen LogP contribution < -0.4 is 5.32 Å². The van der Waals surface area contributed by atoms with E-state index in [0.29, 0.717) is 11.6 Å². The van der Waals surface area contributed by atoms with Crippen molar-refractivity contribution in [3.63, 3.8) is 0 Å². The van der Waals surface area contributed by atoms with Gasteiger partial charge in [-0.25, -0.2) is 14.6 Å². The van der Waals surface area contributed by atoms with Gasteiger partial charge in [-0.05, 0) is 25.1 Å². The summed E-state index contributed by atoms with van der Waals surface area (Å²) < 4.78 is 1.70. The Labute approximate surface area is 125 Å². The molecule has 5 nitrogen and oxygen atoms in total. The van der Waals surface area contributed by atoms with Gasteiger partial charge in [0.05, 0.1) is 17.9 Å². The standard InChI is InChI=1S/C13H12ClN5S/c1-9-6-20-13(18-9)5-16-11-4-10(14)2-3-12(11)19-8-15-7-17-19/h2-4,6-8,16H,5H2,1H3. The number of thiazole rings is 1. The Balaban J connectivity index is 1.86. The van der Waals surface area contributed by atoms with Crippen molar-refractivity contribution < 1.29 is 0 Å². The van der Waals surface area contributed by atoms with Crippen LogP contribution >= 0.6 is 22.9 Å². The number of benzene rings is 1. The molecule has 0 spiro atoms. The lowest BCUT2D eigenvalue weighted by atomic mass is 10.2. The fraction of sp³-hybridized carbons (Fsp3) is 0.154. The van der Waals surface area contributed by atoms with Gasteiger partial charge in [-0.3, -0.25) is 0 Å². The number of aryl methyl sites for hydroxylation is 1. The molecule has 0 aliphatic heterocycles. The second kappa shape index (κ2) is 5.60. The molecule has 3 rings (SSSR count). The van der Waals surface area contributed by atoms with Gasteiger partial charge in [-0.2, -0.15) is 5.10 Å². The van der Waals surface area contributed by atoms with Crippen LogP contribution in [0.25, 0.3) is 5.69 Å². The predicted octanol–water partition coefficient (Wildman–Crippen LogP) is 3.30. The maximum absolute atomic E-state index is 6.07. The molecule has 20 heavy (non-hydrogen) atoms. The monoisotopic (exact) mass is 305 g/mol. The molecule has 0 saturated carbocycles. The molecular formula is C13H12ClN5S. The smallest absolute Gasteiger partial charge is 0.138 e. The van der Waals surface area contributed by atoms with E-state index in [4.69, 9.17) is 11.6 Å². The number of hydrogen-bond acceptors (Lipinski definition) is 5. The number of anilines is 1.